The number of ether oxygens (including phenoxy) is 1. The second-order valence-electron chi connectivity index (χ2n) is 8.73. The predicted octanol–water partition coefficient (Wildman–Crippen LogP) is 2.32. The molecule has 8 nitrogen and oxygen atoms in total. The summed E-state index contributed by atoms with van der Waals surface area (Å²) < 4.78 is 34.1. The molecule has 174 valence electrons. The van der Waals surface area contributed by atoms with Crippen LogP contribution in [-0.4, -0.2) is 69.4 Å². The van der Waals surface area contributed by atoms with Crippen LogP contribution in [0, 0.1) is 5.92 Å². The topological polar surface area (TPSA) is 91.3 Å². The highest BCUT2D eigenvalue weighted by atomic mass is 32.2. The standard InChI is InChI=1S/C24H28N4O4S/c29-24(25-20-5-3-4-18(16-20)17-27-12-14-32-15-13-27)19-8-10-28(11-9-19)23-21-6-1-2-7-22(21)33(30,31)26-23/h1-7,16,19H,8-15,17H2,(H,25,29). The van der Waals surface area contributed by atoms with Gasteiger partial charge in [0, 0.05) is 49.9 Å². The number of nitrogens with one attached hydrogen (secondary N) is 1. The number of benzene rings is 2. The first-order valence-corrected chi connectivity index (χ1v) is 12.8. The molecule has 1 amide bonds. The van der Waals surface area contributed by atoms with Gasteiger partial charge in [-0.05, 0) is 42.7 Å². The monoisotopic (exact) mass is 468 g/mol. The van der Waals surface area contributed by atoms with Gasteiger partial charge in [0.2, 0.25) is 5.91 Å². The van der Waals surface area contributed by atoms with Crippen LogP contribution in [0.2, 0.25) is 0 Å². The van der Waals surface area contributed by atoms with Crippen molar-refractivity contribution in [3.63, 3.8) is 0 Å². The van der Waals surface area contributed by atoms with Crippen molar-refractivity contribution < 1.29 is 17.9 Å². The van der Waals surface area contributed by atoms with Crippen molar-refractivity contribution in [2.45, 2.75) is 24.3 Å². The third-order valence-corrected chi connectivity index (χ3v) is 7.81. The summed E-state index contributed by atoms with van der Waals surface area (Å²) in [5, 5.41) is 3.08. The molecular weight excluding hydrogens is 440 g/mol. The molecule has 0 spiro atoms. The van der Waals surface area contributed by atoms with E-state index in [2.05, 4.69) is 20.7 Å². The molecule has 3 aliphatic heterocycles. The first kappa shape index (κ1) is 22.1. The normalized spacial score (nSPS) is 20.8. The fraction of sp³-hybridized carbons (Fsp3) is 0.417. The van der Waals surface area contributed by atoms with Gasteiger partial charge in [0.25, 0.3) is 10.0 Å². The Morgan fingerprint density at radius 3 is 2.58 bits per heavy atom. The summed E-state index contributed by atoms with van der Waals surface area (Å²) in [6, 6.07) is 14.9. The largest absolute Gasteiger partial charge is 0.379 e. The average molecular weight is 469 g/mol. The Labute approximate surface area is 194 Å². The van der Waals surface area contributed by atoms with Gasteiger partial charge in [-0.15, -0.1) is 4.40 Å². The van der Waals surface area contributed by atoms with Crippen molar-refractivity contribution in [3.8, 4) is 0 Å². The molecule has 0 saturated carbocycles. The summed E-state index contributed by atoms with van der Waals surface area (Å²) in [7, 11) is -3.63. The van der Waals surface area contributed by atoms with Crippen molar-refractivity contribution in [3.05, 3.63) is 59.7 Å². The number of hydrogen-bond acceptors (Lipinski definition) is 6. The number of rotatable bonds is 4. The minimum absolute atomic E-state index is 0.0135. The lowest BCUT2D eigenvalue weighted by molar-refractivity contribution is -0.120. The number of hydrogen-bond donors (Lipinski definition) is 1. The van der Waals surface area contributed by atoms with E-state index in [0.29, 0.717) is 37.3 Å². The molecule has 2 aromatic carbocycles. The van der Waals surface area contributed by atoms with Gasteiger partial charge in [-0.3, -0.25) is 9.69 Å². The Balaban J connectivity index is 1.18. The number of nitrogens with zero attached hydrogens (tertiary/aromatic N) is 3. The summed E-state index contributed by atoms with van der Waals surface area (Å²) in [6.45, 7) is 5.41. The lowest BCUT2D eigenvalue weighted by Crippen LogP contribution is -2.41. The first-order chi connectivity index (χ1) is 16.0. The molecule has 3 heterocycles. The number of morpholine rings is 1. The SMILES string of the molecule is O=C(Nc1cccc(CN2CCOCC2)c1)C1CCN(C2=NS(=O)(=O)c3ccccc32)CC1. The summed E-state index contributed by atoms with van der Waals surface area (Å²) in [6.07, 6.45) is 1.31. The summed E-state index contributed by atoms with van der Waals surface area (Å²) in [5.74, 6) is 0.401. The smallest absolute Gasteiger partial charge is 0.285 e. The molecule has 33 heavy (non-hydrogen) atoms. The van der Waals surface area contributed by atoms with Crippen LogP contribution in [0.25, 0.3) is 0 Å². The highest BCUT2D eigenvalue weighted by Gasteiger charge is 2.34. The highest BCUT2D eigenvalue weighted by Crippen LogP contribution is 2.30. The first-order valence-electron chi connectivity index (χ1n) is 11.4. The number of anilines is 1. The van der Waals surface area contributed by atoms with E-state index in [4.69, 9.17) is 4.74 Å². The van der Waals surface area contributed by atoms with Crippen LogP contribution in [0.4, 0.5) is 5.69 Å². The van der Waals surface area contributed by atoms with Crippen LogP contribution >= 0.6 is 0 Å². The molecule has 0 bridgehead atoms. The Hall–Kier alpha value is -2.75. The number of amides is 1. The average Bonchev–Trinajstić information content (AvgIpc) is 3.11. The fourth-order valence-electron chi connectivity index (χ4n) is 4.68. The number of likely N-dealkylation sites (tertiary alicyclic amines) is 1. The van der Waals surface area contributed by atoms with Gasteiger partial charge in [-0.25, -0.2) is 0 Å². The number of fused-ring (bicyclic) bond motifs is 1. The maximum Gasteiger partial charge on any atom is 0.285 e. The quantitative estimate of drug-likeness (QED) is 0.741. The molecule has 1 N–H and O–H groups in total. The predicted molar refractivity (Wildman–Crippen MR) is 126 cm³/mol. The molecule has 2 fully saturated rings. The zero-order valence-electron chi connectivity index (χ0n) is 18.4. The van der Waals surface area contributed by atoms with Crippen LogP contribution in [0.1, 0.15) is 24.0 Å². The van der Waals surface area contributed by atoms with Gasteiger partial charge in [0.05, 0.1) is 13.2 Å². The lowest BCUT2D eigenvalue weighted by Gasteiger charge is -2.32. The molecule has 2 saturated heterocycles. The summed E-state index contributed by atoms with van der Waals surface area (Å²) >= 11 is 0. The highest BCUT2D eigenvalue weighted by molar-refractivity contribution is 7.90. The maximum absolute atomic E-state index is 12.9. The van der Waals surface area contributed by atoms with Crippen molar-refractivity contribution in [1.29, 1.82) is 0 Å². The number of piperidine rings is 1. The molecular formula is C24H28N4O4S. The molecule has 0 aliphatic carbocycles. The van der Waals surface area contributed by atoms with Gasteiger partial charge in [-0.2, -0.15) is 8.42 Å². The molecule has 9 heteroatoms. The Morgan fingerprint density at radius 2 is 1.79 bits per heavy atom. The van der Waals surface area contributed by atoms with Gasteiger partial charge in [0.15, 0.2) is 5.84 Å². The summed E-state index contributed by atoms with van der Waals surface area (Å²) in [5.41, 5.74) is 2.63. The second kappa shape index (κ2) is 9.24. The van der Waals surface area contributed by atoms with Crippen LogP contribution in [0.15, 0.2) is 57.8 Å². The number of sulfonamides is 1. The molecule has 0 atom stereocenters. The van der Waals surface area contributed by atoms with E-state index in [-0.39, 0.29) is 16.7 Å². The van der Waals surface area contributed by atoms with Crippen LogP contribution in [0.5, 0.6) is 0 Å². The molecule has 5 rings (SSSR count). The van der Waals surface area contributed by atoms with E-state index >= 15 is 0 Å². The number of carbonyl (C=O) groups is 1. The summed E-state index contributed by atoms with van der Waals surface area (Å²) in [4.78, 5) is 17.5. The van der Waals surface area contributed by atoms with Gasteiger partial charge < -0.3 is 15.0 Å². The van der Waals surface area contributed by atoms with E-state index in [0.717, 1.165) is 38.5 Å². The Morgan fingerprint density at radius 1 is 1.03 bits per heavy atom. The minimum atomic E-state index is -3.63. The maximum atomic E-state index is 12.9. The fourth-order valence-corrected chi connectivity index (χ4v) is 5.91. The third-order valence-electron chi connectivity index (χ3n) is 6.48. The zero-order chi connectivity index (χ0) is 22.8. The molecule has 2 aromatic rings. The van der Waals surface area contributed by atoms with E-state index < -0.39 is 10.0 Å². The van der Waals surface area contributed by atoms with Crippen molar-refractivity contribution in [1.82, 2.24) is 9.80 Å². The molecule has 0 aromatic heterocycles. The number of amidine groups is 1. The van der Waals surface area contributed by atoms with Gasteiger partial charge in [-0.1, -0.05) is 24.3 Å². The van der Waals surface area contributed by atoms with Crippen molar-refractivity contribution in [2.24, 2.45) is 10.3 Å². The second-order valence-corrected chi connectivity index (χ2v) is 10.3. The van der Waals surface area contributed by atoms with Crippen LogP contribution < -0.4 is 5.32 Å². The lowest BCUT2D eigenvalue weighted by atomic mass is 9.95. The Bertz CT molecular complexity index is 1170. The molecule has 3 aliphatic rings. The van der Waals surface area contributed by atoms with E-state index in [9.17, 15) is 13.2 Å². The number of carbonyl (C=O) groups excluding carboxylic acids is 1. The molecule has 0 unspecified atom stereocenters. The van der Waals surface area contributed by atoms with Crippen molar-refractivity contribution >= 4 is 27.5 Å². The third kappa shape index (κ3) is 4.80. The van der Waals surface area contributed by atoms with Crippen molar-refractivity contribution in [2.75, 3.05) is 44.7 Å². The zero-order valence-corrected chi connectivity index (χ0v) is 19.3. The van der Waals surface area contributed by atoms with Crippen LogP contribution in [-0.2, 0) is 26.1 Å². The molecule has 0 radical (unpaired) electrons. The van der Waals surface area contributed by atoms with E-state index in [1.807, 2.05) is 29.2 Å². The van der Waals surface area contributed by atoms with E-state index in [1.165, 1.54) is 5.56 Å². The van der Waals surface area contributed by atoms with Gasteiger partial charge >= 0.3 is 0 Å². The van der Waals surface area contributed by atoms with Crippen LogP contribution in [0.3, 0.4) is 0 Å². The Kier molecular flexibility index (Phi) is 6.18. The van der Waals surface area contributed by atoms with Gasteiger partial charge in [0.1, 0.15) is 4.90 Å². The minimum Gasteiger partial charge on any atom is -0.379 e. The van der Waals surface area contributed by atoms with E-state index in [1.54, 1.807) is 18.2 Å².